The van der Waals surface area contributed by atoms with Gasteiger partial charge in [0.05, 0.1) is 0 Å². The molecule has 0 amide bonds. The first-order valence-electron chi connectivity index (χ1n) is 1.80. The monoisotopic (exact) mass is 80.0 g/mol. The standard InChI is InChI=1S/C4H4N2/c5-6-3-4-1-2-4/h1,3H,2H2. The minimum absolute atomic E-state index is 1.00. The van der Waals surface area contributed by atoms with Crippen LogP contribution >= 0.6 is 0 Å². The van der Waals surface area contributed by atoms with Crippen LogP contribution in [0.4, 0.5) is 0 Å². The Morgan fingerprint density at radius 3 is 2.83 bits per heavy atom. The summed E-state index contributed by atoms with van der Waals surface area (Å²) in [5.41, 5.74) is 8.93. The molecule has 2 nitrogen and oxygen atoms in total. The van der Waals surface area contributed by atoms with Gasteiger partial charge in [-0.3, -0.25) is 0 Å². The molecule has 1 rings (SSSR count). The van der Waals surface area contributed by atoms with E-state index in [9.17, 15) is 0 Å². The highest BCUT2D eigenvalue weighted by molar-refractivity contribution is 5.79. The molecular formula is C4H4N2. The van der Waals surface area contributed by atoms with Gasteiger partial charge in [-0.25, -0.2) is 0 Å². The lowest BCUT2D eigenvalue weighted by atomic mass is 10.6. The summed E-state index contributed by atoms with van der Waals surface area (Å²) in [5.74, 6) is 0. The van der Waals surface area contributed by atoms with E-state index in [1.54, 1.807) is 0 Å². The largest absolute Gasteiger partial charge is 0.362 e. The Hall–Kier alpha value is -0.880. The van der Waals surface area contributed by atoms with Crippen LogP contribution in [0.3, 0.4) is 0 Å². The zero-order chi connectivity index (χ0) is 4.41. The topological polar surface area (TPSA) is 36.4 Å². The minimum atomic E-state index is 1.00. The molecule has 0 heterocycles. The Morgan fingerprint density at radius 1 is 2.00 bits per heavy atom. The maximum Gasteiger partial charge on any atom is 0.283 e. The van der Waals surface area contributed by atoms with E-state index in [4.69, 9.17) is 5.53 Å². The second-order valence-electron chi connectivity index (χ2n) is 1.23. The van der Waals surface area contributed by atoms with E-state index in [2.05, 4.69) is 4.79 Å². The summed E-state index contributed by atoms with van der Waals surface area (Å²) >= 11 is 0. The fourth-order valence-electron chi connectivity index (χ4n) is 0.238. The van der Waals surface area contributed by atoms with Gasteiger partial charge in [0.2, 0.25) is 0 Å². The van der Waals surface area contributed by atoms with Gasteiger partial charge in [0.1, 0.15) is 0 Å². The molecule has 0 atom stereocenters. The van der Waals surface area contributed by atoms with Crippen molar-refractivity contribution in [3.8, 4) is 0 Å². The maximum absolute atomic E-state index is 7.81. The summed E-state index contributed by atoms with van der Waals surface area (Å²) in [4.78, 5) is 2.80. The number of hydrogen-bond acceptors (Lipinski definition) is 0. The van der Waals surface area contributed by atoms with E-state index in [1.807, 2.05) is 6.08 Å². The summed E-state index contributed by atoms with van der Waals surface area (Å²) < 4.78 is 0. The molecule has 1 aliphatic carbocycles. The molecule has 0 aromatic rings. The number of nitrogens with zero attached hydrogens (tertiary/aromatic N) is 2. The molecular weight excluding hydrogens is 76.1 g/mol. The van der Waals surface area contributed by atoms with Crippen LogP contribution in [0.25, 0.3) is 5.53 Å². The highest BCUT2D eigenvalue weighted by atomic mass is 14.8. The summed E-state index contributed by atoms with van der Waals surface area (Å²) in [6.07, 6.45) is 4.43. The first-order chi connectivity index (χ1) is 2.93. The average molecular weight is 80.1 g/mol. The first-order valence-corrected chi connectivity index (χ1v) is 1.80. The van der Waals surface area contributed by atoms with Crippen molar-refractivity contribution in [2.24, 2.45) is 0 Å². The van der Waals surface area contributed by atoms with Crippen molar-refractivity contribution in [2.75, 3.05) is 0 Å². The van der Waals surface area contributed by atoms with Gasteiger partial charge < -0.3 is 5.53 Å². The van der Waals surface area contributed by atoms with Gasteiger partial charge in [0.25, 0.3) is 6.21 Å². The molecule has 1 aliphatic rings. The third-order valence-electron chi connectivity index (χ3n) is 0.663. The maximum atomic E-state index is 7.81. The van der Waals surface area contributed by atoms with Crippen molar-refractivity contribution < 1.29 is 4.79 Å². The molecule has 0 saturated carbocycles. The molecule has 0 aromatic carbocycles. The lowest BCUT2D eigenvalue weighted by Gasteiger charge is -1.48. The molecule has 0 N–H and O–H groups in total. The average Bonchev–Trinajstić information content (AvgIpc) is 2.21. The second kappa shape index (κ2) is 1.07. The second-order valence-corrected chi connectivity index (χ2v) is 1.23. The lowest BCUT2D eigenvalue weighted by Crippen LogP contribution is -1.61. The van der Waals surface area contributed by atoms with E-state index < -0.39 is 0 Å². The van der Waals surface area contributed by atoms with Crippen LogP contribution in [0.2, 0.25) is 0 Å². The van der Waals surface area contributed by atoms with E-state index >= 15 is 0 Å². The van der Waals surface area contributed by atoms with Crippen LogP contribution in [-0.2, 0) is 0 Å². The molecule has 6 heavy (non-hydrogen) atoms. The fourth-order valence-corrected chi connectivity index (χ4v) is 0.238. The Bertz CT molecular complexity index is 128. The molecule has 0 bridgehead atoms. The molecule has 0 aliphatic heterocycles. The molecule has 0 aromatic heterocycles. The molecule has 0 saturated heterocycles. The highest BCUT2D eigenvalue weighted by Crippen LogP contribution is 2.12. The summed E-state index contributed by atoms with van der Waals surface area (Å²) in [6.45, 7) is 0. The summed E-state index contributed by atoms with van der Waals surface area (Å²) in [6, 6.07) is 0. The Kier molecular flexibility index (Phi) is 0.592. The van der Waals surface area contributed by atoms with E-state index in [0.29, 0.717) is 0 Å². The highest BCUT2D eigenvalue weighted by Gasteiger charge is 2.05. The molecule has 0 spiro atoms. The summed E-state index contributed by atoms with van der Waals surface area (Å²) in [5, 5.41) is 0. The molecule has 0 unspecified atom stereocenters. The van der Waals surface area contributed by atoms with Gasteiger partial charge in [0.15, 0.2) is 0 Å². The van der Waals surface area contributed by atoms with Crippen LogP contribution in [0.15, 0.2) is 11.6 Å². The molecule has 30 valence electrons. The van der Waals surface area contributed by atoms with Crippen molar-refractivity contribution >= 4 is 6.21 Å². The SMILES string of the molecule is [N-]=[N+]=CC1=CC1. The van der Waals surface area contributed by atoms with Crippen LogP contribution in [-0.4, -0.2) is 11.0 Å². The van der Waals surface area contributed by atoms with Gasteiger partial charge in [-0.15, -0.1) is 0 Å². The Balaban J connectivity index is 2.54. The van der Waals surface area contributed by atoms with E-state index in [1.165, 1.54) is 6.21 Å². The van der Waals surface area contributed by atoms with Crippen LogP contribution in [0.5, 0.6) is 0 Å². The number of allylic oxidation sites excluding steroid dienone is 2. The summed E-state index contributed by atoms with van der Waals surface area (Å²) in [7, 11) is 0. The van der Waals surface area contributed by atoms with Gasteiger partial charge >= 0.3 is 0 Å². The third kappa shape index (κ3) is 0.535. The van der Waals surface area contributed by atoms with Crippen molar-refractivity contribution in [1.82, 2.24) is 0 Å². The van der Waals surface area contributed by atoms with Crippen LogP contribution in [0, 0.1) is 0 Å². The molecule has 0 radical (unpaired) electrons. The zero-order valence-corrected chi connectivity index (χ0v) is 3.26. The Morgan fingerprint density at radius 2 is 2.67 bits per heavy atom. The zero-order valence-electron chi connectivity index (χ0n) is 3.26. The predicted octanol–water partition coefficient (Wildman–Crippen LogP) is 0.617. The first kappa shape index (κ1) is 3.32. The van der Waals surface area contributed by atoms with Gasteiger partial charge in [0, 0.05) is 5.57 Å². The van der Waals surface area contributed by atoms with Gasteiger partial charge in [-0.05, 0) is 6.42 Å². The van der Waals surface area contributed by atoms with Crippen LogP contribution in [0.1, 0.15) is 6.42 Å². The fraction of sp³-hybridized carbons (Fsp3) is 0.250. The van der Waals surface area contributed by atoms with Crippen molar-refractivity contribution in [2.45, 2.75) is 6.42 Å². The van der Waals surface area contributed by atoms with E-state index in [0.717, 1.165) is 12.0 Å². The van der Waals surface area contributed by atoms with Gasteiger partial charge in [-0.1, -0.05) is 6.08 Å². The van der Waals surface area contributed by atoms with Crippen molar-refractivity contribution in [1.29, 1.82) is 0 Å². The lowest BCUT2D eigenvalue weighted by molar-refractivity contribution is 0.00456. The number of rotatable bonds is 1. The predicted molar refractivity (Wildman–Crippen MR) is 22.4 cm³/mol. The molecule has 2 heteroatoms. The third-order valence-corrected chi connectivity index (χ3v) is 0.663. The smallest absolute Gasteiger partial charge is 0.283 e. The normalized spacial score (nSPS) is 15.0. The quantitative estimate of drug-likeness (QED) is 0.251. The van der Waals surface area contributed by atoms with E-state index in [-0.39, 0.29) is 0 Å². The van der Waals surface area contributed by atoms with Crippen molar-refractivity contribution in [3.05, 3.63) is 17.2 Å². The minimum Gasteiger partial charge on any atom is -0.362 e. The molecule has 0 fully saturated rings. The number of hydrogen-bond donors (Lipinski definition) is 0. The van der Waals surface area contributed by atoms with Crippen LogP contribution < -0.4 is 0 Å². The van der Waals surface area contributed by atoms with Crippen molar-refractivity contribution in [3.63, 3.8) is 0 Å². The Labute approximate surface area is 35.7 Å². The van der Waals surface area contributed by atoms with Gasteiger partial charge in [-0.2, -0.15) is 4.79 Å².